The molecule has 0 radical (unpaired) electrons. The molecule has 7 heteroatoms. The standard InChI is InChI=1S/C23H31N5OS/c29-21(26-19-3-1-5-27(12-19)13-20-4-2-6-30-20)22-8-17-7-18(9-22)11-23(10-17,14-22)28-16-24-15-25-28/h2,4,6,15-19H,1,3,5,7-14H2,(H,26,29). The molecule has 160 valence electrons. The van der Waals surface area contributed by atoms with E-state index in [1.54, 1.807) is 6.33 Å². The van der Waals surface area contributed by atoms with Gasteiger partial charge in [-0.1, -0.05) is 6.07 Å². The molecule has 3 unspecified atom stereocenters. The zero-order valence-corrected chi connectivity index (χ0v) is 18.3. The van der Waals surface area contributed by atoms with E-state index in [0.29, 0.717) is 17.7 Å². The molecule has 1 amide bonds. The third-order valence-electron chi connectivity index (χ3n) is 8.22. The van der Waals surface area contributed by atoms with Crippen molar-refractivity contribution in [3.63, 3.8) is 0 Å². The molecule has 2 aromatic heterocycles. The molecular weight excluding hydrogens is 394 g/mol. The summed E-state index contributed by atoms with van der Waals surface area (Å²) in [6, 6.07) is 4.62. The number of amides is 1. The molecule has 2 aromatic rings. The number of piperidine rings is 1. The molecule has 1 N–H and O–H groups in total. The normalized spacial score (nSPS) is 38.1. The van der Waals surface area contributed by atoms with Gasteiger partial charge in [0.05, 0.1) is 11.0 Å². The first-order valence-corrected chi connectivity index (χ1v) is 12.4. The van der Waals surface area contributed by atoms with Crippen LogP contribution < -0.4 is 5.32 Å². The first-order chi connectivity index (χ1) is 14.6. The van der Waals surface area contributed by atoms with Crippen molar-refractivity contribution in [2.24, 2.45) is 17.3 Å². The number of hydrogen-bond donors (Lipinski definition) is 1. The molecule has 1 aliphatic heterocycles. The second-order valence-corrected chi connectivity index (χ2v) is 11.5. The summed E-state index contributed by atoms with van der Waals surface area (Å²) in [6.45, 7) is 3.12. The first kappa shape index (κ1) is 19.0. The lowest BCUT2D eigenvalue weighted by molar-refractivity contribution is -0.157. The molecule has 0 spiro atoms. The molecule has 7 rings (SSSR count). The van der Waals surface area contributed by atoms with Crippen LogP contribution in [0.4, 0.5) is 0 Å². The van der Waals surface area contributed by atoms with Crippen LogP contribution in [0, 0.1) is 17.3 Å². The number of aromatic nitrogens is 3. The fourth-order valence-electron chi connectivity index (χ4n) is 7.48. The Hall–Kier alpha value is -1.73. The summed E-state index contributed by atoms with van der Waals surface area (Å²) in [5.74, 6) is 1.63. The minimum atomic E-state index is -0.202. The largest absolute Gasteiger partial charge is 0.352 e. The highest BCUT2D eigenvalue weighted by molar-refractivity contribution is 7.09. The van der Waals surface area contributed by atoms with Gasteiger partial charge in [-0.15, -0.1) is 11.3 Å². The van der Waals surface area contributed by atoms with E-state index in [9.17, 15) is 4.79 Å². The molecule has 0 aromatic carbocycles. The molecule has 30 heavy (non-hydrogen) atoms. The van der Waals surface area contributed by atoms with Crippen molar-refractivity contribution >= 4 is 17.2 Å². The number of carbonyl (C=O) groups excluding carboxylic acids is 1. The second-order valence-electron chi connectivity index (χ2n) is 10.4. The molecule has 1 saturated heterocycles. The molecule has 3 heterocycles. The first-order valence-electron chi connectivity index (χ1n) is 11.5. The van der Waals surface area contributed by atoms with Crippen molar-refractivity contribution in [3.05, 3.63) is 35.0 Å². The van der Waals surface area contributed by atoms with E-state index >= 15 is 0 Å². The van der Waals surface area contributed by atoms with E-state index in [2.05, 4.69) is 42.5 Å². The number of likely N-dealkylation sites (tertiary alicyclic amines) is 1. The third-order valence-corrected chi connectivity index (χ3v) is 9.08. The summed E-state index contributed by atoms with van der Waals surface area (Å²) in [5.41, 5.74) is -0.193. The van der Waals surface area contributed by atoms with Crippen molar-refractivity contribution in [1.29, 1.82) is 0 Å². The van der Waals surface area contributed by atoms with Gasteiger partial charge in [0.15, 0.2) is 0 Å². The van der Waals surface area contributed by atoms with Crippen LogP contribution in [0.1, 0.15) is 56.2 Å². The molecule has 5 aliphatic rings. The number of thiophene rings is 1. The van der Waals surface area contributed by atoms with Gasteiger partial charge in [0.1, 0.15) is 12.7 Å². The number of carbonyl (C=O) groups is 1. The molecule has 5 fully saturated rings. The summed E-state index contributed by atoms with van der Waals surface area (Å²) in [7, 11) is 0. The van der Waals surface area contributed by atoms with Gasteiger partial charge in [0.2, 0.25) is 5.91 Å². The summed E-state index contributed by atoms with van der Waals surface area (Å²) >= 11 is 1.83. The summed E-state index contributed by atoms with van der Waals surface area (Å²) in [5, 5.41) is 10.2. The molecule has 4 bridgehead atoms. The molecule has 4 saturated carbocycles. The van der Waals surface area contributed by atoms with Crippen molar-refractivity contribution in [1.82, 2.24) is 25.0 Å². The number of nitrogens with zero attached hydrogens (tertiary/aromatic N) is 4. The Labute approximate surface area is 182 Å². The van der Waals surface area contributed by atoms with Gasteiger partial charge >= 0.3 is 0 Å². The van der Waals surface area contributed by atoms with E-state index in [0.717, 1.165) is 51.7 Å². The van der Waals surface area contributed by atoms with Crippen LogP contribution in [0.5, 0.6) is 0 Å². The Morgan fingerprint density at radius 3 is 2.87 bits per heavy atom. The summed E-state index contributed by atoms with van der Waals surface area (Å²) in [6.07, 6.45) is 12.5. The van der Waals surface area contributed by atoms with Gasteiger partial charge in [-0.05, 0) is 81.2 Å². The van der Waals surface area contributed by atoms with Crippen molar-refractivity contribution < 1.29 is 4.79 Å². The predicted octanol–water partition coefficient (Wildman–Crippen LogP) is 3.42. The van der Waals surface area contributed by atoms with Crippen LogP contribution in [0.25, 0.3) is 0 Å². The minimum Gasteiger partial charge on any atom is -0.352 e. The Balaban J connectivity index is 1.17. The smallest absolute Gasteiger partial charge is 0.226 e. The molecule has 3 atom stereocenters. The predicted molar refractivity (Wildman–Crippen MR) is 116 cm³/mol. The lowest BCUT2D eigenvalue weighted by Gasteiger charge is -2.61. The van der Waals surface area contributed by atoms with Gasteiger partial charge in [-0.2, -0.15) is 5.10 Å². The van der Waals surface area contributed by atoms with Crippen LogP contribution in [-0.2, 0) is 16.9 Å². The maximum atomic E-state index is 13.7. The number of nitrogens with one attached hydrogen (secondary N) is 1. The van der Waals surface area contributed by atoms with Gasteiger partial charge in [0, 0.05) is 24.0 Å². The lowest BCUT2D eigenvalue weighted by Crippen LogP contribution is -2.62. The quantitative estimate of drug-likeness (QED) is 0.797. The van der Waals surface area contributed by atoms with Gasteiger partial charge < -0.3 is 5.32 Å². The van der Waals surface area contributed by atoms with E-state index in [1.807, 2.05) is 17.7 Å². The SMILES string of the molecule is O=C(NC1CCCN(Cc2cccs2)C1)C12CC3CC(C1)CC(n1cncn1)(C3)C2. The van der Waals surface area contributed by atoms with Crippen LogP contribution in [0.2, 0.25) is 0 Å². The molecular formula is C23H31N5OS. The van der Waals surface area contributed by atoms with Gasteiger partial charge in [0.25, 0.3) is 0 Å². The Bertz CT molecular complexity index is 881. The fourth-order valence-corrected chi connectivity index (χ4v) is 8.23. The highest BCUT2D eigenvalue weighted by Gasteiger charge is 2.61. The van der Waals surface area contributed by atoms with Gasteiger partial charge in [-0.25, -0.2) is 9.67 Å². The van der Waals surface area contributed by atoms with E-state index in [-0.39, 0.29) is 17.0 Å². The van der Waals surface area contributed by atoms with E-state index < -0.39 is 0 Å². The van der Waals surface area contributed by atoms with Crippen LogP contribution in [0.15, 0.2) is 30.2 Å². The maximum absolute atomic E-state index is 13.7. The summed E-state index contributed by atoms with van der Waals surface area (Å²) < 4.78 is 2.09. The highest BCUT2D eigenvalue weighted by atomic mass is 32.1. The fraction of sp³-hybridized carbons (Fsp3) is 0.696. The van der Waals surface area contributed by atoms with E-state index in [4.69, 9.17) is 0 Å². The van der Waals surface area contributed by atoms with Crippen LogP contribution in [-0.4, -0.2) is 44.7 Å². The van der Waals surface area contributed by atoms with Crippen molar-refractivity contribution in [2.75, 3.05) is 13.1 Å². The maximum Gasteiger partial charge on any atom is 0.226 e. The molecule has 6 nitrogen and oxygen atoms in total. The van der Waals surface area contributed by atoms with Crippen LogP contribution >= 0.6 is 11.3 Å². The van der Waals surface area contributed by atoms with Crippen molar-refractivity contribution in [3.8, 4) is 0 Å². The third kappa shape index (κ3) is 3.21. The average Bonchev–Trinajstić information content (AvgIpc) is 3.42. The number of hydrogen-bond acceptors (Lipinski definition) is 5. The Morgan fingerprint density at radius 1 is 1.27 bits per heavy atom. The number of rotatable bonds is 5. The molecule has 4 aliphatic carbocycles. The average molecular weight is 426 g/mol. The second kappa shape index (κ2) is 7.16. The zero-order valence-electron chi connectivity index (χ0n) is 17.5. The zero-order chi connectivity index (χ0) is 20.2. The highest BCUT2D eigenvalue weighted by Crippen LogP contribution is 2.64. The minimum absolute atomic E-state index is 0.00962. The topological polar surface area (TPSA) is 63.1 Å². The summed E-state index contributed by atoms with van der Waals surface area (Å²) in [4.78, 5) is 21.9. The lowest BCUT2D eigenvalue weighted by atomic mass is 9.46. The Morgan fingerprint density at radius 2 is 2.13 bits per heavy atom. The van der Waals surface area contributed by atoms with E-state index in [1.165, 1.54) is 24.1 Å². The monoisotopic (exact) mass is 425 g/mol. The van der Waals surface area contributed by atoms with Gasteiger partial charge in [-0.3, -0.25) is 9.69 Å². The Kier molecular flexibility index (Phi) is 4.53. The van der Waals surface area contributed by atoms with Crippen LogP contribution in [0.3, 0.4) is 0 Å². The van der Waals surface area contributed by atoms with Crippen molar-refractivity contribution in [2.45, 2.75) is 69.5 Å².